The second kappa shape index (κ2) is 6.99. The van der Waals surface area contributed by atoms with Gasteiger partial charge in [0.2, 0.25) is 0 Å². The average molecular weight is 269 g/mol. The zero-order valence-corrected chi connectivity index (χ0v) is 12.6. The molecule has 0 aliphatic rings. The van der Waals surface area contributed by atoms with Gasteiger partial charge in [-0.05, 0) is 49.6 Å². The van der Waals surface area contributed by atoms with Crippen LogP contribution in [0.15, 0.2) is 42.5 Å². The molecule has 0 heterocycles. The van der Waals surface area contributed by atoms with Crippen molar-refractivity contribution in [3.8, 4) is 5.75 Å². The first kappa shape index (κ1) is 14.4. The molecule has 2 aromatic carbocycles. The Morgan fingerprint density at radius 3 is 2.40 bits per heavy atom. The number of rotatable bonds is 6. The van der Waals surface area contributed by atoms with Crippen molar-refractivity contribution < 1.29 is 4.74 Å². The molecule has 0 bridgehead atoms. The number of hydrogen-bond acceptors (Lipinski definition) is 2. The summed E-state index contributed by atoms with van der Waals surface area (Å²) in [6.45, 7) is 7.91. The predicted octanol–water partition coefficient (Wildman–Crippen LogP) is 4.70. The van der Waals surface area contributed by atoms with E-state index in [0.717, 1.165) is 31.0 Å². The molecule has 0 unspecified atom stereocenters. The molecule has 0 amide bonds. The van der Waals surface area contributed by atoms with E-state index in [2.05, 4.69) is 56.4 Å². The number of para-hydroxylation sites is 1. The Bertz CT molecular complexity index is 543. The highest BCUT2D eigenvalue weighted by atomic mass is 16.5. The lowest BCUT2D eigenvalue weighted by Gasteiger charge is -2.13. The number of ether oxygens (including phenoxy) is 1. The molecular weight excluding hydrogens is 246 g/mol. The molecule has 2 nitrogen and oxygen atoms in total. The fourth-order valence-corrected chi connectivity index (χ4v) is 2.28. The Balaban J connectivity index is 2.06. The molecule has 0 aliphatic heterocycles. The Labute approximate surface area is 121 Å². The summed E-state index contributed by atoms with van der Waals surface area (Å²) >= 11 is 0. The van der Waals surface area contributed by atoms with Gasteiger partial charge in [0, 0.05) is 17.8 Å². The van der Waals surface area contributed by atoms with E-state index in [1.807, 2.05) is 12.1 Å². The normalized spacial score (nSPS) is 10.3. The molecule has 0 atom stereocenters. The molecule has 2 aromatic rings. The summed E-state index contributed by atoms with van der Waals surface area (Å²) < 4.78 is 5.78. The molecule has 0 aliphatic carbocycles. The maximum Gasteiger partial charge on any atom is 0.124 e. The monoisotopic (exact) mass is 269 g/mol. The van der Waals surface area contributed by atoms with E-state index in [9.17, 15) is 0 Å². The molecule has 106 valence electrons. The van der Waals surface area contributed by atoms with Crippen molar-refractivity contribution in [2.75, 3.05) is 11.9 Å². The maximum absolute atomic E-state index is 5.78. The van der Waals surface area contributed by atoms with Crippen LogP contribution in [0.25, 0.3) is 0 Å². The lowest BCUT2D eigenvalue weighted by molar-refractivity contribution is 0.314. The van der Waals surface area contributed by atoms with Crippen LogP contribution in [0.1, 0.15) is 30.0 Å². The van der Waals surface area contributed by atoms with Crippen LogP contribution in [0.3, 0.4) is 0 Å². The predicted molar refractivity (Wildman–Crippen MR) is 85.5 cm³/mol. The van der Waals surface area contributed by atoms with Crippen LogP contribution in [0.2, 0.25) is 0 Å². The molecular formula is C18H23NO. The molecule has 0 saturated heterocycles. The van der Waals surface area contributed by atoms with Crippen LogP contribution < -0.4 is 10.1 Å². The highest BCUT2D eigenvalue weighted by Gasteiger charge is 2.03. The fraction of sp³-hybridized carbons (Fsp3) is 0.333. The van der Waals surface area contributed by atoms with Crippen molar-refractivity contribution in [3.63, 3.8) is 0 Å². The van der Waals surface area contributed by atoms with Crippen molar-refractivity contribution in [1.29, 1.82) is 0 Å². The standard InChI is InChI=1S/C18H23NO/c1-4-9-20-18-8-6-5-7-16(18)13-19-17-11-14(2)10-15(3)12-17/h5-8,10-12,19H,4,9,13H2,1-3H3. The summed E-state index contributed by atoms with van der Waals surface area (Å²) in [5, 5.41) is 3.48. The fourth-order valence-electron chi connectivity index (χ4n) is 2.28. The topological polar surface area (TPSA) is 21.3 Å². The molecule has 0 radical (unpaired) electrons. The van der Waals surface area contributed by atoms with Crippen LogP contribution in [-0.2, 0) is 6.54 Å². The highest BCUT2D eigenvalue weighted by molar-refractivity contribution is 5.49. The van der Waals surface area contributed by atoms with E-state index in [4.69, 9.17) is 4.74 Å². The maximum atomic E-state index is 5.78. The first-order valence-electron chi connectivity index (χ1n) is 7.22. The van der Waals surface area contributed by atoms with E-state index in [1.165, 1.54) is 16.7 Å². The van der Waals surface area contributed by atoms with Crippen molar-refractivity contribution in [2.24, 2.45) is 0 Å². The third-order valence-corrected chi connectivity index (χ3v) is 3.14. The van der Waals surface area contributed by atoms with Gasteiger partial charge in [0.25, 0.3) is 0 Å². The van der Waals surface area contributed by atoms with Crippen LogP contribution >= 0.6 is 0 Å². The van der Waals surface area contributed by atoms with Crippen molar-refractivity contribution in [3.05, 3.63) is 59.2 Å². The molecule has 0 aromatic heterocycles. The van der Waals surface area contributed by atoms with E-state index in [-0.39, 0.29) is 0 Å². The zero-order valence-electron chi connectivity index (χ0n) is 12.6. The number of benzene rings is 2. The van der Waals surface area contributed by atoms with Crippen LogP contribution in [0.5, 0.6) is 5.75 Å². The zero-order chi connectivity index (χ0) is 14.4. The third-order valence-electron chi connectivity index (χ3n) is 3.14. The average Bonchev–Trinajstić information content (AvgIpc) is 2.43. The minimum absolute atomic E-state index is 0.764. The Morgan fingerprint density at radius 1 is 1.00 bits per heavy atom. The molecule has 0 saturated carbocycles. The summed E-state index contributed by atoms with van der Waals surface area (Å²) in [7, 11) is 0. The van der Waals surface area contributed by atoms with E-state index < -0.39 is 0 Å². The number of nitrogens with one attached hydrogen (secondary N) is 1. The summed E-state index contributed by atoms with van der Waals surface area (Å²) in [4.78, 5) is 0. The van der Waals surface area contributed by atoms with E-state index in [1.54, 1.807) is 0 Å². The molecule has 20 heavy (non-hydrogen) atoms. The first-order valence-corrected chi connectivity index (χ1v) is 7.22. The Morgan fingerprint density at radius 2 is 1.70 bits per heavy atom. The SMILES string of the molecule is CCCOc1ccccc1CNc1cc(C)cc(C)c1. The summed E-state index contributed by atoms with van der Waals surface area (Å²) in [5.41, 5.74) is 4.92. The van der Waals surface area contributed by atoms with E-state index in [0.29, 0.717) is 0 Å². The van der Waals surface area contributed by atoms with Gasteiger partial charge in [0.15, 0.2) is 0 Å². The van der Waals surface area contributed by atoms with Crippen LogP contribution in [0, 0.1) is 13.8 Å². The van der Waals surface area contributed by atoms with Gasteiger partial charge >= 0.3 is 0 Å². The second-order valence-corrected chi connectivity index (χ2v) is 5.19. The molecule has 2 heteroatoms. The molecule has 0 spiro atoms. The number of hydrogen-bond donors (Lipinski definition) is 1. The van der Waals surface area contributed by atoms with Crippen LogP contribution in [-0.4, -0.2) is 6.61 Å². The second-order valence-electron chi connectivity index (χ2n) is 5.19. The summed E-state index contributed by atoms with van der Waals surface area (Å²) in [5.74, 6) is 0.978. The van der Waals surface area contributed by atoms with Gasteiger partial charge in [0.1, 0.15) is 5.75 Å². The summed E-state index contributed by atoms with van der Waals surface area (Å²) in [6.07, 6.45) is 1.03. The smallest absolute Gasteiger partial charge is 0.124 e. The number of aryl methyl sites for hydroxylation is 2. The Kier molecular flexibility index (Phi) is 5.05. The quantitative estimate of drug-likeness (QED) is 0.820. The minimum Gasteiger partial charge on any atom is -0.493 e. The lowest BCUT2D eigenvalue weighted by atomic mass is 10.1. The van der Waals surface area contributed by atoms with Gasteiger partial charge in [-0.1, -0.05) is 31.2 Å². The first-order chi connectivity index (χ1) is 9.69. The lowest BCUT2D eigenvalue weighted by Crippen LogP contribution is -2.04. The van der Waals surface area contributed by atoms with Crippen molar-refractivity contribution >= 4 is 5.69 Å². The van der Waals surface area contributed by atoms with Gasteiger partial charge in [0.05, 0.1) is 6.61 Å². The van der Waals surface area contributed by atoms with Gasteiger partial charge < -0.3 is 10.1 Å². The van der Waals surface area contributed by atoms with E-state index >= 15 is 0 Å². The molecule has 1 N–H and O–H groups in total. The van der Waals surface area contributed by atoms with Gasteiger partial charge in [-0.25, -0.2) is 0 Å². The van der Waals surface area contributed by atoms with Gasteiger partial charge in [-0.2, -0.15) is 0 Å². The largest absolute Gasteiger partial charge is 0.493 e. The minimum atomic E-state index is 0.764. The summed E-state index contributed by atoms with van der Waals surface area (Å²) in [6, 6.07) is 14.7. The van der Waals surface area contributed by atoms with Crippen molar-refractivity contribution in [2.45, 2.75) is 33.7 Å². The third kappa shape index (κ3) is 4.02. The Hall–Kier alpha value is -1.96. The number of anilines is 1. The van der Waals surface area contributed by atoms with Crippen LogP contribution in [0.4, 0.5) is 5.69 Å². The van der Waals surface area contributed by atoms with Gasteiger partial charge in [-0.15, -0.1) is 0 Å². The molecule has 2 rings (SSSR count). The molecule has 0 fully saturated rings. The van der Waals surface area contributed by atoms with Crippen molar-refractivity contribution in [1.82, 2.24) is 0 Å². The van der Waals surface area contributed by atoms with Gasteiger partial charge in [-0.3, -0.25) is 0 Å². The highest BCUT2D eigenvalue weighted by Crippen LogP contribution is 2.21.